The highest BCUT2D eigenvalue weighted by Crippen LogP contribution is 2.30. The lowest BCUT2D eigenvalue weighted by Crippen LogP contribution is -2.51. The van der Waals surface area contributed by atoms with Crippen molar-refractivity contribution in [1.29, 1.82) is 0 Å². The van der Waals surface area contributed by atoms with Gasteiger partial charge in [-0.25, -0.2) is 4.68 Å². The zero-order chi connectivity index (χ0) is 17.2. The van der Waals surface area contributed by atoms with Crippen LogP contribution in [0.1, 0.15) is 23.7 Å². The van der Waals surface area contributed by atoms with E-state index in [1.165, 1.54) is 0 Å². The summed E-state index contributed by atoms with van der Waals surface area (Å²) < 4.78 is 7.82. The van der Waals surface area contributed by atoms with E-state index in [0.717, 1.165) is 24.2 Å². The Bertz CT molecular complexity index is 734. The van der Waals surface area contributed by atoms with E-state index in [4.69, 9.17) is 4.74 Å². The molecule has 132 valence electrons. The number of likely N-dealkylation sites (tertiary alicyclic amines) is 1. The monoisotopic (exact) mass is 342 g/mol. The van der Waals surface area contributed by atoms with Crippen molar-refractivity contribution in [3.63, 3.8) is 0 Å². The zero-order valence-electron chi connectivity index (χ0n) is 14.3. The number of carbonyl (C=O) groups excluding carboxylic acids is 1. The molecule has 2 aliphatic rings. The standard InChI is InChI=1S/C17H22N6O2/c1-21(9-13-3-2-5-18-7-13)11-17(24)22-6-4-16-15(10-22)23-14(12-25-16)8-19-20-23/h2-3,5,7-8,15-16H,4,6,9-12H2,1H3/t15-,16-/m1/s1. The van der Waals surface area contributed by atoms with Crippen LogP contribution in [-0.2, 0) is 22.7 Å². The van der Waals surface area contributed by atoms with Crippen molar-refractivity contribution in [2.75, 3.05) is 26.7 Å². The van der Waals surface area contributed by atoms with Gasteiger partial charge in [0.1, 0.15) is 0 Å². The van der Waals surface area contributed by atoms with Crippen LogP contribution in [-0.4, -0.2) is 68.5 Å². The molecule has 4 heterocycles. The van der Waals surface area contributed by atoms with E-state index in [1.807, 2.05) is 39.9 Å². The third-order valence-corrected chi connectivity index (χ3v) is 4.86. The number of fused-ring (bicyclic) bond motifs is 3. The van der Waals surface area contributed by atoms with Crippen LogP contribution in [0.2, 0.25) is 0 Å². The van der Waals surface area contributed by atoms with Crippen molar-refractivity contribution in [1.82, 2.24) is 29.8 Å². The zero-order valence-corrected chi connectivity index (χ0v) is 14.3. The van der Waals surface area contributed by atoms with Crippen LogP contribution in [0, 0.1) is 0 Å². The number of piperidine rings is 1. The minimum Gasteiger partial charge on any atom is -0.370 e. The highest BCUT2D eigenvalue weighted by atomic mass is 16.5. The van der Waals surface area contributed by atoms with Crippen LogP contribution in [0.3, 0.4) is 0 Å². The van der Waals surface area contributed by atoms with Crippen molar-refractivity contribution >= 4 is 5.91 Å². The number of carbonyl (C=O) groups is 1. The minimum absolute atomic E-state index is 0.0626. The minimum atomic E-state index is 0.0626. The van der Waals surface area contributed by atoms with E-state index in [0.29, 0.717) is 26.2 Å². The van der Waals surface area contributed by atoms with Gasteiger partial charge in [0.2, 0.25) is 5.91 Å². The largest absolute Gasteiger partial charge is 0.370 e. The van der Waals surface area contributed by atoms with Gasteiger partial charge in [0.25, 0.3) is 0 Å². The lowest BCUT2D eigenvalue weighted by Gasteiger charge is -2.41. The topological polar surface area (TPSA) is 76.4 Å². The van der Waals surface area contributed by atoms with Gasteiger partial charge in [-0.05, 0) is 25.1 Å². The van der Waals surface area contributed by atoms with Crippen LogP contribution in [0.4, 0.5) is 0 Å². The molecule has 2 aromatic rings. The third kappa shape index (κ3) is 3.40. The molecule has 0 bridgehead atoms. The molecule has 0 aromatic carbocycles. The highest BCUT2D eigenvalue weighted by molar-refractivity contribution is 5.78. The molecule has 2 aliphatic heterocycles. The summed E-state index contributed by atoms with van der Waals surface area (Å²) in [5.41, 5.74) is 2.08. The predicted octanol–water partition coefficient (Wildman–Crippen LogP) is 0.477. The quantitative estimate of drug-likeness (QED) is 0.804. The first kappa shape index (κ1) is 16.2. The van der Waals surface area contributed by atoms with Gasteiger partial charge in [-0.15, -0.1) is 5.10 Å². The fourth-order valence-electron chi connectivity index (χ4n) is 3.60. The molecule has 8 heteroatoms. The number of amides is 1. The Kier molecular flexibility index (Phi) is 4.46. The van der Waals surface area contributed by atoms with Gasteiger partial charge in [-0.3, -0.25) is 14.7 Å². The fraction of sp³-hybridized carbons (Fsp3) is 0.529. The second-order valence-electron chi connectivity index (χ2n) is 6.75. The second-order valence-corrected chi connectivity index (χ2v) is 6.75. The molecule has 0 saturated carbocycles. The summed E-state index contributed by atoms with van der Waals surface area (Å²) in [6.07, 6.45) is 6.27. The summed E-state index contributed by atoms with van der Waals surface area (Å²) in [5, 5.41) is 8.16. The number of hydrogen-bond donors (Lipinski definition) is 0. The molecule has 0 spiro atoms. The SMILES string of the molecule is CN(CC(=O)N1CC[C@H]2OCc3cnnn3[C@@H]2C1)Cc1cccnc1. The van der Waals surface area contributed by atoms with Gasteiger partial charge in [0, 0.05) is 32.0 Å². The third-order valence-electron chi connectivity index (χ3n) is 4.86. The van der Waals surface area contributed by atoms with Crippen molar-refractivity contribution < 1.29 is 9.53 Å². The lowest BCUT2D eigenvalue weighted by molar-refractivity contribution is -0.139. The molecule has 4 rings (SSSR count). The van der Waals surface area contributed by atoms with Crippen LogP contribution < -0.4 is 0 Å². The molecule has 1 fully saturated rings. The Hall–Kier alpha value is -2.32. The van der Waals surface area contributed by atoms with Crippen molar-refractivity contribution in [2.45, 2.75) is 31.7 Å². The van der Waals surface area contributed by atoms with E-state index < -0.39 is 0 Å². The van der Waals surface area contributed by atoms with Crippen LogP contribution in [0.25, 0.3) is 0 Å². The highest BCUT2D eigenvalue weighted by Gasteiger charge is 2.37. The molecule has 2 atom stereocenters. The van der Waals surface area contributed by atoms with E-state index in [2.05, 4.69) is 15.3 Å². The summed E-state index contributed by atoms with van der Waals surface area (Å²) in [7, 11) is 1.96. The summed E-state index contributed by atoms with van der Waals surface area (Å²) in [5.74, 6) is 0.136. The fourth-order valence-corrected chi connectivity index (χ4v) is 3.60. The van der Waals surface area contributed by atoms with E-state index >= 15 is 0 Å². The number of aromatic nitrogens is 4. The molecule has 2 aromatic heterocycles. The number of pyridine rings is 1. The Morgan fingerprint density at radius 1 is 1.44 bits per heavy atom. The van der Waals surface area contributed by atoms with Gasteiger partial charge < -0.3 is 9.64 Å². The average molecular weight is 342 g/mol. The van der Waals surface area contributed by atoms with E-state index in [9.17, 15) is 4.79 Å². The number of nitrogens with zero attached hydrogens (tertiary/aromatic N) is 6. The molecule has 0 unspecified atom stereocenters. The van der Waals surface area contributed by atoms with Gasteiger partial charge in [-0.1, -0.05) is 11.3 Å². The molecule has 0 N–H and O–H groups in total. The second kappa shape index (κ2) is 6.89. The first-order valence-corrected chi connectivity index (χ1v) is 8.56. The van der Waals surface area contributed by atoms with Crippen LogP contribution in [0.15, 0.2) is 30.7 Å². The van der Waals surface area contributed by atoms with Crippen LogP contribution >= 0.6 is 0 Å². The number of rotatable bonds is 4. The number of hydrogen-bond acceptors (Lipinski definition) is 6. The maximum Gasteiger partial charge on any atom is 0.236 e. The maximum atomic E-state index is 12.7. The first-order valence-electron chi connectivity index (χ1n) is 8.56. The Morgan fingerprint density at radius 3 is 3.20 bits per heavy atom. The Labute approximate surface area is 146 Å². The Balaban J connectivity index is 1.37. The average Bonchev–Trinajstić information content (AvgIpc) is 3.11. The van der Waals surface area contributed by atoms with Gasteiger partial charge in [-0.2, -0.15) is 0 Å². The van der Waals surface area contributed by atoms with Crippen LogP contribution in [0.5, 0.6) is 0 Å². The summed E-state index contributed by atoms with van der Waals surface area (Å²) in [4.78, 5) is 20.8. The van der Waals surface area contributed by atoms with Gasteiger partial charge in [0.05, 0.1) is 37.2 Å². The van der Waals surface area contributed by atoms with Gasteiger partial charge in [0.15, 0.2) is 0 Å². The van der Waals surface area contributed by atoms with Crippen molar-refractivity contribution in [3.8, 4) is 0 Å². The summed E-state index contributed by atoms with van der Waals surface area (Å²) in [6.45, 7) is 2.99. The van der Waals surface area contributed by atoms with E-state index in [-0.39, 0.29) is 18.1 Å². The van der Waals surface area contributed by atoms with Gasteiger partial charge >= 0.3 is 0 Å². The molecule has 1 saturated heterocycles. The smallest absolute Gasteiger partial charge is 0.236 e. The number of likely N-dealkylation sites (N-methyl/N-ethyl adjacent to an activating group) is 1. The molecule has 0 aliphatic carbocycles. The lowest BCUT2D eigenvalue weighted by atomic mass is 10.0. The summed E-state index contributed by atoms with van der Waals surface area (Å²) >= 11 is 0. The van der Waals surface area contributed by atoms with E-state index in [1.54, 1.807) is 12.4 Å². The molecular formula is C17H22N6O2. The number of ether oxygens (including phenoxy) is 1. The van der Waals surface area contributed by atoms with Crippen molar-refractivity contribution in [3.05, 3.63) is 42.0 Å². The summed E-state index contributed by atoms with van der Waals surface area (Å²) in [6, 6.07) is 3.99. The molecular weight excluding hydrogens is 320 g/mol. The Morgan fingerprint density at radius 2 is 2.36 bits per heavy atom. The van der Waals surface area contributed by atoms with Crippen molar-refractivity contribution in [2.24, 2.45) is 0 Å². The molecule has 0 radical (unpaired) electrons. The molecule has 8 nitrogen and oxygen atoms in total. The molecule has 25 heavy (non-hydrogen) atoms. The maximum absolute atomic E-state index is 12.7. The predicted molar refractivity (Wildman–Crippen MR) is 89.4 cm³/mol. The first-order chi connectivity index (χ1) is 12.2. The molecule has 1 amide bonds. The normalized spacial score (nSPS) is 22.6.